The van der Waals surface area contributed by atoms with Crippen LogP contribution in [0.4, 0.5) is 11.6 Å². The minimum absolute atomic E-state index is 0.0677. The molecule has 1 aromatic heterocycles. The highest BCUT2D eigenvalue weighted by Gasteiger charge is 2.19. The van der Waals surface area contributed by atoms with Crippen molar-refractivity contribution in [3.05, 3.63) is 16.3 Å². The van der Waals surface area contributed by atoms with Crippen molar-refractivity contribution in [3.63, 3.8) is 0 Å². The van der Waals surface area contributed by atoms with Gasteiger partial charge in [-0.25, -0.2) is 4.98 Å². The molecule has 0 spiro atoms. The van der Waals surface area contributed by atoms with Gasteiger partial charge >= 0.3 is 5.69 Å². The fraction of sp³-hybridized carbons (Fsp3) is 0.636. The zero-order valence-corrected chi connectivity index (χ0v) is 11.5. The van der Waals surface area contributed by atoms with Crippen molar-refractivity contribution in [1.29, 1.82) is 0 Å². The molecule has 0 amide bonds. The van der Waals surface area contributed by atoms with Gasteiger partial charge in [0.2, 0.25) is 5.95 Å². The largest absolute Gasteiger partial charge is 0.470 e. The number of nitro groups is 1. The predicted molar refractivity (Wildman–Crippen MR) is 69.4 cm³/mol. The van der Waals surface area contributed by atoms with E-state index in [1.54, 1.807) is 7.05 Å². The number of aromatic nitrogens is 2. The molecule has 0 aromatic carbocycles. The Hall–Kier alpha value is -1.96. The Morgan fingerprint density at radius 3 is 2.63 bits per heavy atom. The molecule has 1 heterocycles. The standard InChI is InChI=1S/C11H18N4O4/c1-11(2,3)19-6-5-18-9-8(15(16)17)7-13-10(12-4)14-9/h7H,5-6H2,1-4H3,(H,12,13,14). The first-order valence-corrected chi connectivity index (χ1v) is 5.79. The van der Waals surface area contributed by atoms with Gasteiger partial charge in [0.25, 0.3) is 5.88 Å². The molecular formula is C11H18N4O4. The average molecular weight is 270 g/mol. The average Bonchev–Trinajstić information content (AvgIpc) is 2.33. The molecule has 0 unspecified atom stereocenters. The Kier molecular flexibility index (Phi) is 4.99. The summed E-state index contributed by atoms with van der Waals surface area (Å²) in [6, 6.07) is 0. The van der Waals surface area contributed by atoms with Gasteiger partial charge in [0.15, 0.2) is 0 Å². The molecule has 1 N–H and O–H groups in total. The lowest BCUT2D eigenvalue weighted by molar-refractivity contribution is -0.386. The van der Waals surface area contributed by atoms with Crippen LogP contribution in [0, 0.1) is 10.1 Å². The van der Waals surface area contributed by atoms with Gasteiger partial charge < -0.3 is 14.8 Å². The molecule has 0 saturated carbocycles. The van der Waals surface area contributed by atoms with Crippen LogP contribution in [-0.4, -0.2) is 40.8 Å². The fourth-order valence-electron chi connectivity index (χ4n) is 1.20. The van der Waals surface area contributed by atoms with Crippen molar-refractivity contribution in [2.75, 3.05) is 25.6 Å². The summed E-state index contributed by atoms with van der Waals surface area (Å²) in [5.74, 6) is 0.194. The molecule has 0 atom stereocenters. The topological polar surface area (TPSA) is 99.4 Å². The van der Waals surface area contributed by atoms with E-state index >= 15 is 0 Å². The van der Waals surface area contributed by atoms with Crippen LogP contribution in [0.1, 0.15) is 20.8 Å². The highest BCUT2D eigenvalue weighted by atomic mass is 16.6. The van der Waals surface area contributed by atoms with Crippen molar-refractivity contribution in [2.45, 2.75) is 26.4 Å². The van der Waals surface area contributed by atoms with Crippen LogP contribution in [-0.2, 0) is 4.74 Å². The molecular weight excluding hydrogens is 252 g/mol. The van der Waals surface area contributed by atoms with E-state index in [1.807, 2.05) is 20.8 Å². The third-order valence-corrected chi connectivity index (χ3v) is 2.01. The Balaban J connectivity index is 2.67. The summed E-state index contributed by atoms with van der Waals surface area (Å²) in [4.78, 5) is 17.9. The van der Waals surface area contributed by atoms with E-state index in [0.717, 1.165) is 6.20 Å². The highest BCUT2D eigenvalue weighted by Crippen LogP contribution is 2.24. The molecule has 8 heteroatoms. The van der Waals surface area contributed by atoms with Gasteiger partial charge in [-0.3, -0.25) is 10.1 Å². The SMILES string of the molecule is CNc1ncc([N+](=O)[O-])c(OCCOC(C)(C)C)n1. The van der Waals surface area contributed by atoms with Gasteiger partial charge in [0.1, 0.15) is 12.8 Å². The van der Waals surface area contributed by atoms with Crippen LogP contribution < -0.4 is 10.1 Å². The van der Waals surface area contributed by atoms with Crippen LogP contribution >= 0.6 is 0 Å². The first kappa shape index (κ1) is 15.1. The van der Waals surface area contributed by atoms with Crippen molar-refractivity contribution < 1.29 is 14.4 Å². The summed E-state index contributed by atoms with van der Waals surface area (Å²) in [6.07, 6.45) is 1.11. The number of hydrogen-bond acceptors (Lipinski definition) is 7. The summed E-state index contributed by atoms with van der Waals surface area (Å²) < 4.78 is 10.7. The van der Waals surface area contributed by atoms with Crippen LogP contribution in [0.5, 0.6) is 5.88 Å². The second kappa shape index (κ2) is 6.28. The summed E-state index contributed by atoms with van der Waals surface area (Å²) >= 11 is 0. The zero-order chi connectivity index (χ0) is 14.5. The number of rotatable bonds is 6. The van der Waals surface area contributed by atoms with E-state index in [-0.39, 0.29) is 29.7 Å². The third kappa shape index (κ3) is 5.04. The first-order chi connectivity index (χ1) is 8.83. The van der Waals surface area contributed by atoms with E-state index in [2.05, 4.69) is 15.3 Å². The van der Waals surface area contributed by atoms with Crippen LogP contribution in [0.2, 0.25) is 0 Å². The van der Waals surface area contributed by atoms with E-state index in [4.69, 9.17) is 9.47 Å². The van der Waals surface area contributed by atoms with Crippen molar-refractivity contribution in [2.24, 2.45) is 0 Å². The molecule has 1 rings (SSSR count). The Morgan fingerprint density at radius 2 is 2.11 bits per heavy atom. The lowest BCUT2D eigenvalue weighted by atomic mass is 10.2. The number of nitrogens with zero attached hydrogens (tertiary/aromatic N) is 3. The normalized spacial score (nSPS) is 11.2. The minimum Gasteiger partial charge on any atom is -0.470 e. The van der Waals surface area contributed by atoms with Crippen LogP contribution in [0.15, 0.2) is 6.20 Å². The van der Waals surface area contributed by atoms with Gasteiger partial charge in [-0.05, 0) is 20.8 Å². The lowest BCUT2D eigenvalue weighted by Crippen LogP contribution is -2.22. The quantitative estimate of drug-likeness (QED) is 0.476. The zero-order valence-electron chi connectivity index (χ0n) is 11.5. The molecule has 19 heavy (non-hydrogen) atoms. The number of nitrogens with one attached hydrogen (secondary N) is 1. The molecule has 0 saturated heterocycles. The number of hydrogen-bond donors (Lipinski definition) is 1. The van der Waals surface area contributed by atoms with E-state index in [1.165, 1.54) is 0 Å². The minimum atomic E-state index is -0.584. The molecule has 0 bridgehead atoms. The van der Waals surface area contributed by atoms with E-state index in [0.29, 0.717) is 6.61 Å². The smallest absolute Gasteiger partial charge is 0.349 e. The number of anilines is 1. The van der Waals surface area contributed by atoms with Gasteiger partial charge in [-0.15, -0.1) is 0 Å². The van der Waals surface area contributed by atoms with Gasteiger partial charge in [-0.1, -0.05) is 0 Å². The Morgan fingerprint density at radius 1 is 1.42 bits per heavy atom. The van der Waals surface area contributed by atoms with Crippen molar-refractivity contribution in [1.82, 2.24) is 9.97 Å². The summed E-state index contributed by atoms with van der Waals surface area (Å²) in [7, 11) is 1.62. The summed E-state index contributed by atoms with van der Waals surface area (Å²) in [5.41, 5.74) is -0.549. The maximum Gasteiger partial charge on any atom is 0.349 e. The summed E-state index contributed by atoms with van der Waals surface area (Å²) in [6.45, 7) is 6.25. The fourth-order valence-corrected chi connectivity index (χ4v) is 1.20. The molecule has 1 aromatic rings. The van der Waals surface area contributed by atoms with Crippen molar-refractivity contribution in [3.8, 4) is 5.88 Å². The number of ether oxygens (including phenoxy) is 2. The molecule has 0 aliphatic rings. The Labute approximate surface area is 111 Å². The van der Waals surface area contributed by atoms with Gasteiger partial charge in [0.05, 0.1) is 17.1 Å². The maximum absolute atomic E-state index is 10.8. The predicted octanol–water partition coefficient (Wildman–Crippen LogP) is 1.62. The monoisotopic (exact) mass is 270 g/mol. The van der Waals surface area contributed by atoms with Crippen molar-refractivity contribution >= 4 is 11.6 Å². The van der Waals surface area contributed by atoms with Gasteiger partial charge in [0, 0.05) is 7.05 Å². The molecule has 8 nitrogen and oxygen atoms in total. The van der Waals surface area contributed by atoms with E-state index < -0.39 is 4.92 Å². The molecule has 0 radical (unpaired) electrons. The molecule has 0 aliphatic carbocycles. The second-order valence-corrected chi connectivity index (χ2v) is 4.70. The first-order valence-electron chi connectivity index (χ1n) is 5.79. The Bertz CT molecular complexity index is 445. The van der Waals surface area contributed by atoms with E-state index in [9.17, 15) is 10.1 Å². The molecule has 106 valence electrons. The molecule has 0 aliphatic heterocycles. The lowest BCUT2D eigenvalue weighted by Gasteiger charge is -2.19. The second-order valence-electron chi connectivity index (χ2n) is 4.70. The van der Waals surface area contributed by atoms with Crippen LogP contribution in [0.25, 0.3) is 0 Å². The van der Waals surface area contributed by atoms with Crippen LogP contribution in [0.3, 0.4) is 0 Å². The summed E-state index contributed by atoms with van der Waals surface area (Å²) in [5, 5.41) is 13.5. The highest BCUT2D eigenvalue weighted by molar-refractivity contribution is 5.42. The molecule has 0 fully saturated rings. The third-order valence-electron chi connectivity index (χ3n) is 2.01. The van der Waals surface area contributed by atoms with Gasteiger partial charge in [-0.2, -0.15) is 4.98 Å². The maximum atomic E-state index is 10.8.